The Bertz CT molecular complexity index is 291. The van der Waals surface area contributed by atoms with Crippen molar-refractivity contribution in [1.82, 2.24) is 10.2 Å². The third-order valence-electron chi connectivity index (χ3n) is 5.89. The summed E-state index contributed by atoms with van der Waals surface area (Å²) in [5.41, 5.74) is 0. The zero-order chi connectivity index (χ0) is 13.8. The minimum atomic E-state index is 0.783. The summed E-state index contributed by atoms with van der Waals surface area (Å²) in [6.07, 6.45) is 15.4. The minimum absolute atomic E-state index is 0.783. The quantitative estimate of drug-likeness (QED) is 0.858. The predicted molar refractivity (Wildman–Crippen MR) is 89.5 cm³/mol. The molecule has 1 N–H and O–H groups in total. The van der Waals surface area contributed by atoms with Gasteiger partial charge in [0.25, 0.3) is 0 Å². The molecule has 1 heterocycles. The highest BCUT2D eigenvalue weighted by Crippen LogP contribution is 2.33. The smallest absolute Gasteiger partial charge is 0.0223 e. The van der Waals surface area contributed by atoms with E-state index in [1.165, 1.54) is 77.4 Å². The van der Waals surface area contributed by atoms with E-state index in [4.69, 9.17) is 0 Å². The van der Waals surface area contributed by atoms with E-state index in [-0.39, 0.29) is 0 Å². The summed E-state index contributed by atoms with van der Waals surface area (Å²) in [7, 11) is 0. The zero-order valence-electron chi connectivity index (χ0n) is 13.2. The fraction of sp³-hybridized carbons (Fsp3) is 1.00. The highest BCUT2D eigenvalue weighted by Gasteiger charge is 2.33. The molecule has 116 valence electrons. The van der Waals surface area contributed by atoms with Crippen LogP contribution in [0.5, 0.6) is 0 Å². The molecule has 0 amide bonds. The van der Waals surface area contributed by atoms with Gasteiger partial charge in [0.2, 0.25) is 0 Å². The number of nitrogens with zero attached hydrogens (tertiary/aromatic N) is 1. The summed E-state index contributed by atoms with van der Waals surface area (Å²) in [5.74, 6) is 0.960. The van der Waals surface area contributed by atoms with E-state index < -0.39 is 0 Å². The van der Waals surface area contributed by atoms with Crippen molar-refractivity contribution in [1.29, 1.82) is 0 Å². The van der Waals surface area contributed by atoms with Crippen LogP contribution in [-0.4, -0.2) is 48.1 Å². The Balaban J connectivity index is 1.57. The molecule has 2 nitrogen and oxygen atoms in total. The van der Waals surface area contributed by atoms with Crippen LogP contribution in [0.25, 0.3) is 0 Å². The van der Waals surface area contributed by atoms with E-state index in [2.05, 4.69) is 28.2 Å². The van der Waals surface area contributed by atoms with E-state index in [1.807, 2.05) is 0 Å². The third kappa shape index (κ3) is 3.72. The van der Waals surface area contributed by atoms with Gasteiger partial charge in [-0.15, -0.1) is 0 Å². The molecule has 0 spiro atoms. The topological polar surface area (TPSA) is 15.3 Å². The van der Waals surface area contributed by atoms with Crippen LogP contribution < -0.4 is 5.32 Å². The van der Waals surface area contributed by atoms with Gasteiger partial charge in [-0.2, -0.15) is 11.8 Å². The van der Waals surface area contributed by atoms with Crippen LogP contribution in [0.2, 0.25) is 0 Å². The van der Waals surface area contributed by atoms with Crippen LogP contribution in [0.15, 0.2) is 0 Å². The third-order valence-corrected chi connectivity index (χ3v) is 6.98. The molecule has 3 aliphatic rings. The van der Waals surface area contributed by atoms with Crippen molar-refractivity contribution in [2.24, 2.45) is 5.92 Å². The Labute approximate surface area is 129 Å². The Morgan fingerprint density at radius 3 is 2.60 bits per heavy atom. The lowest BCUT2D eigenvalue weighted by Crippen LogP contribution is -2.46. The number of nitrogens with one attached hydrogen (secondary N) is 1. The van der Waals surface area contributed by atoms with E-state index in [0.29, 0.717) is 0 Å². The number of rotatable bonds is 3. The summed E-state index contributed by atoms with van der Waals surface area (Å²) in [6.45, 7) is 3.91. The SMILES string of the molecule is CSC1CCC(N2CCCNC(C3CCCCC3)C2)C1. The van der Waals surface area contributed by atoms with Gasteiger partial charge in [-0.25, -0.2) is 0 Å². The molecule has 20 heavy (non-hydrogen) atoms. The van der Waals surface area contributed by atoms with Gasteiger partial charge in [0.15, 0.2) is 0 Å². The molecule has 0 aromatic carbocycles. The average molecular weight is 297 g/mol. The second-order valence-corrected chi connectivity index (χ2v) is 8.27. The molecule has 3 heteroatoms. The molecule has 2 saturated carbocycles. The summed E-state index contributed by atoms with van der Waals surface area (Å²) >= 11 is 2.09. The zero-order valence-corrected chi connectivity index (χ0v) is 14.0. The lowest BCUT2D eigenvalue weighted by Gasteiger charge is -2.35. The first-order valence-corrected chi connectivity index (χ1v) is 10.2. The maximum Gasteiger partial charge on any atom is 0.0223 e. The molecule has 0 aromatic rings. The van der Waals surface area contributed by atoms with E-state index >= 15 is 0 Å². The molecule has 3 fully saturated rings. The van der Waals surface area contributed by atoms with Gasteiger partial charge >= 0.3 is 0 Å². The molecule has 1 saturated heterocycles. The van der Waals surface area contributed by atoms with Crippen molar-refractivity contribution in [3.63, 3.8) is 0 Å². The molecular formula is C17H32N2S. The highest BCUT2D eigenvalue weighted by molar-refractivity contribution is 7.99. The Kier molecular flexibility index (Phi) is 5.70. The fourth-order valence-corrected chi connectivity index (χ4v) is 5.41. The first-order valence-electron chi connectivity index (χ1n) is 8.87. The van der Waals surface area contributed by atoms with Crippen molar-refractivity contribution >= 4 is 11.8 Å². The van der Waals surface area contributed by atoms with Gasteiger partial charge < -0.3 is 5.32 Å². The standard InChI is InChI=1S/C17H32N2S/c1-20-16-9-8-15(12-16)19-11-5-10-18-17(13-19)14-6-3-2-4-7-14/h14-18H,2-13H2,1H3. The van der Waals surface area contributed by atoms with Crippen LogP contribution in [0.4, 0.5) is 0 Å². The average Bonchev–Trinajstić information content (AvgIpc) is 2.85. The molecule has 1 aliphatic heterocycles. The minimum Gasteiger partial charge on any atom is -0.312 e. The lowest BCUT2D eigenvalue weighted by molar-refractivity contribution is 0.163. The molecule has 0 bridgehead atoms. The Morgan fingerprint density at radius 1 is 1.00 bits per heavy atom. The van der Waals surface area contributed by atoms with Crippen molar-refractivity contribution in [2.75, 3.05) is 25.9 Å². The van der Waals surface area contributed by atoms with Gasteiger partial charge in [0.05, 0.1) is 0 Å². The number of thioether (sulfide) groups is 1. The molecule has 3 unspecified atom stereocenters. The first kappa shape index (κ1) is 15.2. The van der Waals surface area contributed by atoms with Crippen molar-refractivity contribution < 1.29 is 0 Å². The van der Waals surface area contributed by atoms with E-state index in [9.17, 15) is 0 Å². The first-order chi connectivity index (χ1) is 9.86. The van der Waals surface area contributed by atoms with Gasteiger partial charge in [0, 0.05) is 23.9 Å². The maximum atomic E-state index is 3.88. The summed E-state index contributed by atoms with van der Waals surface area (Å²) < 4.78 is 0. The van der Waals surface area contributed by atoms with Crippen molar-refractivity contribution in [3.05, 3.63) is 0 Å². The van der Waals surface area contributed by atoms with E-state index in [0.717, 1.165) is 23.3 Å². The van der Waals surface area contributed by atoms with Crippen LogP contribution >= 0.6 is 11.8 Å². The Hall–Kier alpha value is 0.270. The van der Waals surface area contributed by atoms with Gasteiger partial charge in [0.1, 0.15) is 0 Å². The van der Waals surface area contributed by atoms with Gasteiger partial charge in [-0.1, -0.05) is 19.3 Å². The van der Waals surface area contributed by atoms with Crippen LogP contribution in [-0.2, 0) is 0 Å². The van der Waals surface area contributed by atoms with Gasteiger partial charge in [-0.05, 0) is 63.8 Å². The normalized spacial score (nSPS) is 38.0. The summed E-state index contributed by atoms with van der Waals surface area (Å²) in [6, 6.07) is 1.67. The summed E-state index contributed by atoms with van der Waals surface area (Å²) in [4.78, 5) is 2.86. The highest BCUT2D eigenvalue weighted by atomic mass is 32.2. The van der Waals surface area contributed by atoms with Crippen LogP contribution in [0.1, 0.15) is 57.8 Å². The largest absolute Gasteiger partial charge is 0.312 e. The molecule has 0 aromatic heterocycles. The Morgan fingerprint density at radius 2 is 1.85 bits per heavy atom. The molecular weight excluding hydrogens is 264 g/mol. The maximum absolute atomic E-state index is 3.88. The lowest BCUT2D eigenvalue weighted by atomic mass is 9.83. The van der Waals surface area contributed by atoms with Crippen LogP contribution in [0, 0.1) is 5.92 Å². The summed E-state index contributed by atoms with van der Waals surface area (Å²) in [5, 5.41) is 4.82. The molecule has 2 aliphatic carbocycles. The predicted octanol–water partition coefficient (Wildman–Crippen LogP) is 3.51. The fourth-order valence-electron chi connectivity index (χ4n) is 4.63. The van der Waals surface area contributed by atoms with Crippen molar-refractivity contribution in [2.45, 2.75) is 75.1 Å². The molecule has 3 atom stereocenters. The number of hydrogen-bond donors (Lipinski definition) is 1. The van der Waals surface area contributed by atoms with Crippen LogP contribution in [0.3, 0.4) is 0 Å². The number of hydrogen-bond acceptors (Lipinski definition) is 3. The van der Waals surface area contributed by atoms with E-state index in [1.54, 1.807) is 0 Å². The monoisotopic (exact) mass is 296 g/mol. The molecule has 3 rings (SSSR count). The second kappa shape index (κ2) is 7.51. The van der Waals surface area contributed by atoms with Crippen molar-refractivity contribution in [3.8, 4) is 0 Å². The molecule has 0 radical (unpaired) electrons. The second-order valence-electron chi connectivity index (χ2n) is 7.13. The van der Waals surface area contributed by atoms with Gasteiger partial charge in [-0.3, -0.25) is 4.90 Å².